The van der Waals surface area contributed by atoms with Crippen molar-refractivity contribution in [3.63, 3.8) is 0 Å². The zero-order valence-electron chi connectivity index (χ0n) is 20.8. The van der Waals surface area contributed by atoms with Gasteiger partial charge in [0.05, 0.1) is 41.0 Å². The number of aromatic nitrogens is 7. The molecular formula is C25H26ClN9O2. The van der Waals surface area contributed by atoms with Crippen molar-refractivity contribution in [2.24, 2.45) is 0 Å². The van der Waals surface area contributed by atoms with Crippen molar-refractivity contribution in [1.82, 2.24) is 39.5 Å². The van der Waals surface area contributed by atoms with E-state index in [4.69, 9.17) is 16.3 Å². The van der Waals surface area contributed by atoms with Gasteiger partial charge in [-0.3, -0.25) is 14.3 Å². The number of ether oxygens (including phenoxy) is 1. The third kappa shape index (κ3) is 4.73. The van der Waals surface area contributed by atoms with Gasteiger partial charge < -0.3 is 15.4 Å². The Morgan fingerprint density at radius 1 is 1.30 bits per heavy atom. The van der Waals surface area contributed by atoms with Gasteiger partial charge in [-0.25, -0.2) is 14.5 Å². The van der Waals surface area contributed by atoms with Crippen molar-refractivity contribution in [3.8, 4) is 11.3 Å². The first-order chi connectivity index (χ1) is 17.6. The molecule has 0 radical (unpaired) electrons. The summed E-state index contributed by atoms with van der Waals surface area (Å²) in [5.74, 6) is 0.153. The number of nitrogens with one attached hydrogen (secondary N) is 3. The molecule has 5 rings (SSSR count). The molecule has 0 aromatic carbocycles. The van der Waals surface area contributed by atoms with Crippen LogP contribution < -0.4 is 10.6 Å². The fourth-order valence-corrected chi connectivity index (χ4v) is 4.40. The molecule has 5 aromatic heterocycles. The topological polar surface area (TPSA) is 127 Å². The van der Waals surface area contributed by atoms with Crippen LogP contribution in [-0.2, 0) is 4.74 Å². The monoisotopic (exact) mass is 519 g/mol. The predicted molar refractivity (Wildman–Crippen MR) is 140 cm³/mol. The second-order valence-corrected chi connectivity index (χ2v) is 9.91. The standard InChI is InChI=1S/C25H26ClN9O2/c1-14(17-9-18(26)19-12-27-13-34(19)21(17)16-10-29-30-11-16)31-24(36)20-22(32-15(2)37-25(3,4)5)33-35-8-6-7-28-23(20)35/h6-14H,2H2,1,3-5H3,(H,29,30)(H,31,36)(H,32,33). The van der Waals surface area contributed by atoms with E-state index in [0.717, 1.165) is 22.3 Å². The molecule has 0 spiro atoms. The van der Waals surface area contributed by atoms with E-state index in [9.17, 15) is 4.79 Å². The Bertz CT molecular complexity index is 1610. The maximum absolute atomic E-state index is 13.7. The molecule has 5 heterocycles. The van der Waals surface area contributed by atoms with E-state index in [1.807, 2.05) is 38.2 Å². The summed E-state index contributed by atoms with van der Waals surface area (Å²) < 4.78 is 9.19. The van der Waals surface area contributed by atoms with Crippen LogP contribution in [0.2, 0.25) is 5.02 Å². The van der Waals surface area contributed by atoms with Crippen LogP contribution in [0.1, 0.15) is 49.7 Å². The number of pyridine rings is 1. The number of rotatable bonds is 7. The molecule has 37 heavy (non-hydrogen) atoms. The largest absolute Gasteiger partial charge is 0.474 e. The minimum Gasteiger partial charge on any atom is -0.474 e. The molecule has 0 aliphatic heterocycles. The number of hydrogen-bond donors (Lipinski definition) is 3. The maximum atomic E-state index is 13.7. The van der Waals surface area contributed by atoms with Crippen LogP contribution in [0.25, 0.3) is 22.4 Å². The van der Waals surface area contributed by atoms with Crippen LogP contribution in [0.5, 0.6) is 0 Å². The molecule has 1 atom stereocenters. The highest BCUT2D eigenvalue weighted by Crippen LogP contribution is 2.33. The second kappa shape index (κ2) is 9.25. The Morgan fingerprint density at radius 3 is 2.84 bits per heavy atom. The normalized spacial score (nSPS) is 12.6. The highest BCUT2D eigenvalue weighted by atomic mass is 35.5. The molecule has 0 saturated carbocycles. The molecule has 0 aliphatic rings. The summed E-state index contributed by atoms with van der Waals surface area (Å²) in [7, 11) is 0. The first kappa shape index (κ1) is 24.3. The number of amides is 1. The number of nitrogens with zero attached hydrogens (tertiary/aromatic N) is 6. The lowest BCUT2D eigenvalue weighted by atomic mass is 10.0. The lowest BCUT2D eigenvalue weighted by Gasteiger charge is -2.23. The Labute approximate surface area is 217 Å². The van der Waals surface area contributed by atoms with Crippen molar-refractivity contribution >= 4 is 34.5 Å². The Kier molecular flexibility index (Phi) is 6.08. The molecule has 1 amide bonds. The molecule has 5 aromatic rings. The van der Waals surface area contributed by atoms with Gasteiger partial charge in [-0.15, -0.1) is 5.10 Å². The van der Waals surface area contributed by atoms with Crippen LogP contribution in [0.3, 0.4) is 0 Å². The minimum absolute atomic E-state index is 0.255. The lowest BCUT2D eigenvalue weighted by molar-refractivity contribution is 0.0564. The van der Waals surface area contributed by atoms with Gasteiger partial charge in [0.2, 0.25) is 0 Å². The lowest BCUT2D eigenvalue weighted by Crippen LogP contribution is -2.28. The average molecular weight is 520 g/mol. The minimum atomic E-state index is -0.479. The predicted octanol–water partition coefficient (Wildman–Crippen LogP) is 4.61. The van der Waals surface area contributed by atoms with Gasteiger partial charge in [0.1, 0.15) is 11.2 Å². The first-order valence-electron chi connectivity index (χ1n) is 11.5. The second-order valence-electron chi connectivity index (χ2n) is 9.50. The SMILES string of the molecule is C=C(Nc1nn2cccnc2c1C(=O)NC(C)c1cc(Cl)c2cncn2c1-c1cn[nH]c1)OC(C)(C)C. The van der Waals surface area contributed by atoms with Crippen molar-refractivity contribution in [3.05, 3.63) is 78.1 Å². The summed E-state index contributed by atoms with van der Waals surface area (Å²) in [6.07, 6.45) is 10.2. The van der Waals surface area contributed by atoms with Gasteiger partial charge in [-0.2, -0.15) is 5.10 Å². The third-order valence-corrected chi connectivity index (χ3v) is 5.88. The number of imidazole rings is 1. The quantitative estimate of drug-likeness (QED) is 0.268. The first-order valence-corrected chi connectivity index (χ1v) is 11.9. The fraction of sp³-hybridized carbons (Fsp3) is 0.240. The average Bonchev–Trinajstić information content (AvgIpc) is 3.57. The van der Waals surface area contributed by atoms with E-state index >= 15 is 0 Å². The van der Waals surface area contributed by atoms with E-state index in [2.05, 4.69) is 42.5 Å². The Hall–Kier alpha value is -4.38. The number of halogens is 1. The van der Waals surface area contributed by atoms with E-state index in [1.165, 1.54) is 4.52 Å². The number of carbonyl (C=O) groups excluding carboxylic acids is 1. The van der Waals surface area contributed by atoms with Crippen molar-refractivity contribution in [1.29, 1.82) is 0 Å². The zero-order valence-corrected chi connectivity index (χ0v) is 21.5. The summed E-state index contributed by atoms with van der Waals surface area (Å²) in [6, 6.07) is 3.11. The van der Waals surface area contributed by atoms with E-state index in [-0.39, 0.29) is 23.2 Å². The number of hydrogen-bond acceptors (Lipinski definition) is 7. The van der Waals surface area contributed by atoms with E-state index in [1.54, 1.807) is 43.4 Å². The number of fused-ring (bicyclic) bond motifs is 2. The molecule has 0 saturated heterocycles. The molecule has 0 fully saturated rings. The van der Waals surface area contributed by atoms with Crippen LogP contribution >= 0.6 is 11.6 Å². The third-order valence-electron chi connectivity index (χ3n) is 5.58. The molecule has 11 nitrogen and oxygen atoms in total. The van der Waals surface area contributed by atoms with Gasteiger partial charge in [0.15, 0.2) is 17.3 Å². The molecule has 190 valence electrons. The van der Waals surface area contributed by atoms with Gasteiger partial charge >= 0.3 is 0 Å². The molecular weight excluding hydrogens is 494 g/mol. The van der Waals surface area contributed by atoms with E-state index < -0.39 is 11.6 Å². The summed E-state index contributed by atoms with van der Waals surface area (Å²) in [5, 5.41) is 18.0. The smallest absolute Gasteiger partial charge is 0.259 e. The highest BCUT2D eigenvalue weighted by Gasteiger charge is 2.26. The van der Waals surface area contributed by atoms with Crippen LogP contribution in [-0.4, -0.2) is 45.7 Å². The maximum Gasteiger partial charge on any atom is 0.259 e. The molecule has 0 bridgehead atoms. The molecule has 0 aliphatic carbocycles. The van der Waals surface area contributed by atoms with Gasteiger partial charge in [-0.1, -0.05) is 11.6 Å². The van der Waals surface area contributed by atoms with Gasteiger partial charge in [0, 0.05) is 29.7 Å². The van der Waals surface area contributed by atoms with E-state index in [0.29, 0.717) is 10.7 Å². The fourth-order valence-electron chi connectivity index (χ4n) is 4.14. The number of anilines is 1. The summed E-state index contributed by atoms with van der Waals surface area (Å²) in [5.41, 5.74) is 3.32. The highest BCUT2D eigenvalue weighted by molar-refractivity contribution is 6.34. The van der Waals surface area contributed by atoms with Gasteiger partial charge in [0.25, 0.3) is 5.91 Å². The van der Waals surface area contributed by atoms with Crippen LogP contribution in [0.4, 0.5) is 5.82 Å². The molecule has 3 N–H and O–H groups in total. The van der Waals surface area contributed by atoms with Crippen molar-refractivity contribution < 1.29 is 9.53 Å². The number of H-pyrrole nitrogens is 1. The van der Waals surface area contributed by atoms with Crippen LogP contribution in [0.15, 0.2) is 61.9 Å². The number of carbonyl (C=O) groups is 1. The van der Waals surface area contributed by atoms with Crippen molar-refractivity contribution in [2.45, 2.75) is 39.3 Å². The summed E-state index contributed by atoms with van der Waals surface area (Å²) >= 11 is 6.58. The van der Waals surface area contributed by atoms with Crippen LogP contribution in [0, 0.1) is 0 Å². The molecule has 1 unspecified atom stereocenters. The summed E-state index contributed by atoms with van der Waals surface area (Å²) in [4.78, 5) is 22.3. The number of aromatic amines is 1. The Balaban J connectivity index is 1.52. The zero-order chi connectivity index (χ0) is 26.3. The van der Waals surface area contributed by atoms with Gasteiger partial charge in [-0.05, 0) is 46.4 Å². The Morgan fingerprint density at radius 2 is 2.11 bits per heavy atom. The summed E-state index contributed by atoms with van der Waals surface area (Å²) in [6.45, 7) is 11.5. The molecule has 12 heteroatoms. The van der Waals surface area contributed by atoms with Crippen molar-refractivity contribution in [2.75, 3.05) is 5.32 Å².